The topological polar surface area (TPSA) is 90.1 Å². The van der Waals surface area contributed by atoms with Gasteiger partial charge in [-0.25, -0.2) is 14.4 Å². The molecular formula is C30H28Cl2FN7O2S. The number of amides is 1. The fourth-order valence-corrected chi connectivity index (χ4v) is 6.90. The van der Waals surface area contributed by atoms with Gasteiger partial charge in [0.25, 0.3) is 5.91 Å². The van der Waals surface area contributed by atoms with Gasteiger partial charge in [0, 0.05) is 53.9 Å². The molecule has 0 saturated carbocycles. The van der Waals surface area contributed by atoms with Crippen LogP contribution in [0.2, 0.25) is 10.0 Å². The van der Waals surface area contributed by atoms with E-state index >= 15 is 0 Å². The highest BCUT2D eigenvalue weighted by atomic mass is 35.5. The predicted octanol–water partition coefficient (Wildman–Crippen LogP) is 6.26. The number of alkyl halides is 1. The van der Waals surface area contributed by atoms with Crippen LogP contribution in [-0.4, -0.2) is 67.5 Å². The van der Waals surface area contributed by atoms with Crippen LogP contribution in [0.1, 0.15) is 30.3 Å². The van der Waals surface area contributed by atoms with Crippen LogP contribution >= 0.6 is 34.5 Å². The van der Waals surface area contributed by atoms with Crippen molar-refractivity contribution < 1.29 is 13.9 Å². The molecule has 9 nitrogen and oxygen atoms in total. The average Bonchev–Trinajstić information content (AvgIpc) is 3.79. The Morgan fingerprint density at radius 3 is 2.72 bits per heavy atom. The lowest BCUT2D eigenvalue weighted by molar-refractivity contribution is -0.118. The molecule has 0 radical (unpaired) electrons. The summed E-state index contributed by atoms with van der Waals surface area (Å²) in [6.07, 6.45) is 6.18. The molecular weight excluding hydrogens is 612 g/mol. The van der Waals surface area contributed by atoms with E-state index in [1.165, 1.54) is 16.0 Å². The minimum absolute atomic E-state index is 0.167. The summed E-state index contributed by atoms with van der Waals surface area (Å²) in [5.74, 6) is 0.405. The quantitative estimate of drug-likeness (QED) is 0.226. The number of carbonyl (C=O) groups is 1. The van der Waals surface area contributed by atoms with Gasteiger partial charge in [0.15, 0.2) is 11.2 Å². The Kier molecular flexibility index (Phi) is 7.58. The molecule has 1 unspecified atom stereocenters. The monoisotopic (exact) mass is 639 g/mol. The Labute approximate surface area is 261 Å². The van der Waals surface area contributed by atoms with E-state index in [9.17, 15) is 9.18 Å². The number of halogens is 3. The maximum atomic E-state index is 14.3. The van der Waals surface area contributed by atoms with E-state index in [2.05, 4.69) is 27.2 Å². The molecule has 3 aromatic heterocycles. The normalized spacial score (nSPS) is 18.2. The van der Waals surface area contributed by atoms with E-state index in [0.29, 0.717) is 43.0 Å². The third kappa shape index (κ3) is 5.50. The predicted molar refractivity (Wildman–Crippen MR) is 166 cm³/mol. The molecule has 13 heteroatoms. The molecule has 2 aromatic carbocycles. The minimum Gasteiger partial charge on any atom is -0.490 e. The Bertz CT molecular complexity index is 1780. The fraction of sp³-hybridized carbons (Fsp3) is 0.333. The minimum atomic E-state index is -1.04. The second-order valence-corrected chi connectivity index (χ2v) is 12.7. The molecule has 5 heterocycles. The summed E-state index contributed by atoms with van der Waals surface area (Å²) in [6, 6.07) is 8.60. The van der Waals surface area contributed by atoms with Crippen LogP contribution < -0.4 is 10.1 Å². The van der Waals surface area contributed by atoms with Gasteiger partial charge in [0.1, 0.15) is 23.5 Å². The van der Waals surface area contributed by atoms with Crippen molar-refractivity contribution in [1.29, 1.82) is 0 Å². The number of hydrogen-bond acceptors (Lipinski definition) is 7. The highest BCUT2D eigenvalue weighted by Gasteiger charge is 2.34. The number of likely N-dealkylation sites (tertiary alicyclic amines) is 1. The van der Waals surface area contributed by atoms with Gasteiger partial charge >= 0.3 is 0 Å². The zero-order valence-corrected chi connectivity index (χ0v) is 25.5. The Balaban J connectivity index is 1.23. The second kappa shape index (κ2) is 11.5. The molecule has 0 bridgehead atoms. The number of aromatic nitrogens is 5. The molecule has 5 aromatic rings. The molecule has 0 aliphatic carbocycles. The summed E-state index contributed by atoms with van der Waals surface area (Å²) in [5.41, 5.74) is 3.10. The third-order valence-corrected chi connectivity index (χ3v) is 9.44. The van der Waals surface area contributed by atoms with E-state index in [1.807, 2.05) is 24.3 Å². The lowest BCUT2D eigenvalue weighted by Crippen LogP contribution is -2.35. The number of imidazole rings is 1. The first-order valence-corrected chi connectivity index (χ1v) is 15.7. The van der Waals surface area contributed by atoms with Crippen LogP contribution in [0.5, 0.6) is 5.75 Å². The first kappa shape index (κ1) is 28.3. The number of ether oxygens (including phenoxy) is 1. The van der Waals surface area contributed by atoms with Crippen molar-refractivity contribution in [3.63, 3.8) is 0 Å². The third-order valence-electron chi connectivity index (χ3n) is 8.06. The zero-order valence-electron chi connectivity index (χ0n) is 23.2. The molecule has 1 fully saturated rings. The zero-order chi connectivity index (χ0) is 29.7. The largest absolute Gasteiger partial charge is 0.490 e. The lowest BCUT2D eigenvalue weighted by atomic mass is 10.0. The van der Waals surface area contributed by atoms with E-state index < -0.39 is 18.1 Å². The molecule has 222 valence electrons. The lowest BCUT2D eigenvalue weighted by Gasteiger charge is -2.29. The SMILES string of the molecule is CN1CCC(Oc2ccc(-c3cc(Cl)c4cn(C(C(=O)Nc5nccs5)c5ncn6c5C[C@@H](F)C6)nc4c3Cl)cc2)CC1. The summed E-state index contributed by atoms with van der Waals surface area (Å²) in [4.78, 5) is 24.7. The number of fused-ring (bicyclic) bond motifs is 2. The van der Waals surface area contributed by atoms with Gasteiger partial charge < -0.3 is 14.2 Å². The number of anilines is 1. The van der Waals surface area contributed by atoms with E-state index in [-0.39, 0.29) is 19.1 Å². The summed E-state index contributed by atoms with van der Waals surface area (Å²) in [7, 11) is 2.13. The maximum Gasteiger partial charge on any atom is 0.257 e. The number of benzene rings is 2. The van der Waals surface area contributed by atoms with Crippen molar-refractivity contribution >= 4 is 56.5 Å². The second-order valence-electron chi connectivity index (χ2n) is 11.0. The molecule has 2 atom stereocenters. The number of thiazole rings is 1. The number of piperidine rings is 1. The molecule has 43 heavy (non-hydrogen) atoms. The summed E-state index contributed by atoms with van der Waals surface area (Å²) in [6.45, 7) is 2.25. The summed E-state index contributed by atoms with van der Waals surface area (Å²) in [5, 5.41) is 11.2. The van der Waals surface area contributed by atoms with Crippen LogP contribution in [0.25, 0.3) is 22.0 Å². The van der Waals surface area contributed by atoms with Crippen molar-refractivity contribution in [1.82, 2.24) is 29.2 Å². The number of nitrogens with one attached hydrogen (secondary N) is 1. The van der Waals surface area contributed by atoms with Crippen LogP contribution in [0.4, 0.5) is 9.52 Å². The molecule has 7 rings (SSSR count). The van der Waals surface area contributed by atoms with Crippen LogP contribution in [-0.2, 0) is 17.8 Å². The van der Waals surface area contributed by atoms with Crippen molar-refractivity contribution in [3.05, 3.63) is 75.9 Å². The average molecular weight is 641 g/mol. The first-order chi connectivity index (χ1) is 20.8. The van der Waals surface area contributed by atoms with Crippen LogP contribution in [0, 0.1) is 0 Å². The Morgan fingerprint density at radius 2 is 1.98 bits per heavy atom. The van der Waals surface area contributed by atoms with Gasteiger partial charge in [0.05, 0.1) is 28.6 Å². The van der Waals surface area contributed by atoms with Gasteiger partial charge in [0.2, 0.25) is 0 Å². The molecule has 1 N–H and O–H groups in total. The van der Waals surface area contributed by atoms with E-state index in [1.54, 1.807) is 34.7 Å². The van der Waals surface area contributed by atoms with Crippen molar-refractivity contribution in [2.24, 2.45) is 0 Å². The Morgan fingerprint density at radius 1 is 1.19 bits per heavy atom. The number of rotatable bonds is 7. The van der Waals surface area contributed by atoms with Gasteiger partial charge in [-0.15, -0.1) is 11.3 Å². The summed E-state index contributed by atoms with van der Waals surface area (Å²) < 4.78 is 23.8. The summed E-state index contributed by atoms with van der Waals surface area (Å²) >= 11 is 15.0. The molecule has 2 aliphatic rings. The standard InChI is InChI=1S/C30H28Cl2FN7O2S/c1-38-9-6-20(7-10-38)42-19-4-2-17(3-5-19)21-13-23(31)22-15-40(37-26(22)25(21)32)28(29(41)36-30-34-8-11-43-30)27-24-12-18(33)14-39(24)16-35-27/h2-5,8,11,13,15-16,18,20,28H,6-7,9-10,12,14H2,1H3,(H,34,36,41)/t18-,28?/m1/s1. The van der Waals surface area contributed by atoms with Gasteiger partial charge in [-0.05, 0) is 43.7 Å². The van der Waals surface area contributed by atoms with Crippen molar-refractivity contribution in [2.75, 3.05) is 25.5 Å². The Hall–Kier alpha value is -3.51. The molecule has 2 aliphatic heterocycles. The highest BCUT2D eigenvalue weighted by molar-refractivity contribution is 7.13. The maximum absolute atomic E-state index is 14.3. The van der Waals surface area contributed by atoms with Gasteiger partial charge in [-0.2, -0.15) is 5.10 Å². The van der Waals surface area contributed by atoms with Gasteiger partial charge in [-0.3, -0.25) is 14.8 Å². The number of hydrogen-bond donors (Lipinski definition) is 1. The molecule has 0 spiro atoms. The van der Waals surface area contributed by atoms with Crippen LogP contribution in [0.15, 0.2) is 54.4 Å². The fourth-order valence-electron chi connectivity index (χ4n) is 5.82. The number of nitrogens with zero attached hydrogens (tertiary/aromatic N) is 6. The van der Waals surface area contributed by atoms with E-state index in [4.69, 9.17) is 33.0 Å². The van der Waals surface area contributed by atoms with Crippen LogP contribution in [0.3, 0.4) is 0 Å². The first-order valence-electron chi connectivity index (χ1n) is 14.0. The molecule has 1 saturated heterocycles. The smallest absolute Gasteiger partial charge is 0.257 e. The number of carbonyl (C=O) groups excluding carboxylic acids is 1. The van der Waals surface area contributed by atoms with Crippen molar-refractivity contribution in [2.45, 2.75) is 44.1 Å². The van der Waals surface area contributed by atoms with Gasteiger partial charge in [-0.1, -0.05) is 35.3 Å². The molecule has 1 amide bonds. The van der Waals surface area contributed by atoms with Crippen molar-refractivity contribution in [3.8, 4) is 16.9 Å². The van der Waals surface area contributed by atoms with E-state index in [0.717, 1.165) is 37.2 Å². The highest BCUT2D eigenvalue weighted by Crippen LogP contribution is 2.40.